The van der Waals surface area contributed by atoms with Crippen LogP contribution < -0.4 is 10.9 Å². The summed E-state index contributed by atoms with van der Waals surface area (Å²) in [6.45, 7) is 5.55. The van der Waals surface area contributed by atoms with Gasteiger partial charge in [0, 0.05) is 39.5 Å². The van der Waals surface area contributed by atoms with E-state index in [-0.39, 0.29) is 10.9 Å². The summed E-state index contributed by atoms with van der Waals surface area (Å²) in [7, 11) is 0. The molecule has 0 amide bonds. The highest BCUT2D eigenvalue weighted by Gasteiger charge is 2.16. The Kier molecular flexibility index (Phi) is 4.49. The van der Waals surface area contributed by atoms with Gasteiger partial charge in [0.1, 0.15) is 0 Å². The van der Waals surface area contributed by atoms with Crippen LogP contribution in [-0.2, 0) is 13.1 Å². The molecule has 33 heavy (non-hydrogen) atoms. The van der Waals surface area contributed by atoms with Crippen molar-refractivity contribution in [1.29, 1.82) is 0 Å². The van der Waals surface area contributed by atoms with E-state index in [1.807, 2.05) is 60.0 Å². The number of hydrogen-bond acceptors (Lipinski definition) is 3. The maximum atomic E-state index is 13.8. The lowest BCUT2D eigenvalue weighted by Gasteiger charge is -2.17. The van der Waals surface area contributed by atoms with Crippen LogP contribution in [0.5, 0.6) is 0 Å². The van der Waals surface area contributed by atoms with Crippen molar-refractivity contribution in [3.05, 3.63) is 92.6 Å². The third kappa shape index (κ3) is 2.82. The van der Waals surface area contributed by atoms with Crippen LogP contribution in [-0.4, -0.2) is 9.13 Å². The van der Waals surface area contributed by atoms with Crippen molar-refractivity contribution in [1.82, 2.24) is 9.13 Å². The molecule has 0 aliphatic rings. The Balaban J connectivity index is 1.81. The fourth-order valence-electron chi connectivity index (χ4n) is 5.07. The van der Waals surface area contributed by atoms with Gasteiger partial charge < -0.3 is 9.13 Å². The number of benzene rings is 3. The van der Waals surface area contributed by atoms with Gasteiger partial charge in [0.05, 0.1) is 22.1 Å². The summed E-state index contributed by atoms with van der Waals surface area (Å²) in [5.74, 6) is 0. The van der Waals surface area contributed by atoms with Gasteiger partial charge in [-0.2, -0.15) is 0 Å². The first kappa shape index (κ1) is 19.9. The van der Waals surface area contributed by atoms with Gasteiger partial charge in [0.15, 0.2) is 10.9 Å². The van der Waals surface area contributed by atoms with Crippen LogP contribution in [0.25, 0.3) is 54.1 Å². The van der Waals surface area contributed by atoms with Gasteiger partial charge in [-0.25, -0.2) is 0 Å². The van der Waals surface area contributed by atoms with Crippen LogP contribution in [0.4, 0.5) is 0 Å². The van der Waals surface area contributed by atoms with Gasteiger partial charge >= 0.3 is 0 Å². The standard InChI is InChI=1S/C28H22N2O2S/c1-3-29-22-9-6-5-8-18(22)27(31)20-15-25-21(16-24(20)29)28(32)19-14-17(26-10-7-13-33-26)11-12-23(19)30(25)4-2/h5-16H,3-4H2,1-2H3. The Labute approximate surface area is 193 Å². The van der Waals surface area contributed by atoms with Crippen molar-refractivity contribution in [2.24, 2.45) is 0 Å². The van der Waals surface area contributed by atoms with Crippen molar-refractivity contribution in [3.8, 4) is 10.4 Å². The molecule has 162 valence electrons. The first-order valence-corrected chi connectivity index (χ1v) is 12.1. The molecular formula is C28H22N2O2S. The van der Waals surface area contributed by atoms with Crippen LogP contribution >= 0.6 is 11.3 Å². The maximum Gasteiger partial charge on any atom is 0.197 e. The number of para-hydroxylation sites is 1. The van der Waals surface area contributed by atoms with Crippen LogP contribution in [0.15, 0.2) is 81.7 Å². The number of fused-ring (bicyclic) bond motifs is 4. The number of nitrogens with zero attached hydrogens (tertiary/aromatic N) is 2. The molecule has 4 nitrogen and oxygen atoms in total. The van der Waals surface area contributed by atoms with Gasteiger partial charge in [-0.15, -0.1) is 11.3 Å². The summed E-state index contributed by atoms with van der Waals surface area (Å²) in [6, 6.07) is 21.8. The minimum Gasteiger partial charge on any atom is -0.341 e. The molecule has 3 aromatic heterocycles. The Bertz CT molecular complexity index is 1830. The van der Waals surface area contributed by atoms with Gasteiger partial charge in [0.25, 0.3) is 0 Å². The van der Waals surface area contributed by atoms with Crippen LogP contribution in [0.1, 0.15) is 13.8 Å². The average molecular weight is 451 g/mol. The number of aryl methyl sites for hydroxylation is 2. The third-order valence-electron chi connectivity index (χ3n) is 6.59. The van der Waals surface area contributed by atoms with E-state index in [0.717, 1.165) is 32.5 Å². The van der Waals surface area contributed by atoms with E-state index in [2.05, 4.69) is 35.1 Å². The molecule has 0 N–H and O–H groups in total. The number of thiophene rings is 1. The second kappa shape index (κ2) is 7.42. The van der Waals surface area contributed by atoms with Crippen LogP contribution in [0.2, 0.25) is 0 Å². The quantitative estimate of drug-likeness (QED) is 0.293. The molecule has 0 aliphatic carbocycles. The van der Waals surface area contributed by atoms with E-state index in [1.54, 1.807) is 11.3 Å². The summed E-state index contributed by atoms with van der Waals surface area (Å²) in [6.07, 6.45) is 0. The van der Waals surface area contributed by atoms with Gasteiger partial charge in [-0.3, -0.25) is 9.59 Å². The fourth-order valence-corrected chi connectivity index (χ4v) is 5.79. The third-order valence-corrected chi connectivity index (χ3v) is 7.51. The maximum absolute atomic E-state index is 13.8. The lowest BCUT2D eigenvalue weighted by Crippen LogP contribution is -2.15. The minimum atomic E-state index is 0.00765. The molecule has 0 atom stereocenters. The number of pyridine rings is 2. The van der Waals surface area contributed by atoms with Gasteiger partial charge in [-0.1, -0.05) is 24.3 Å². The second-order valence-corrected chi connectivity index (χ2v) is 9.21. The fraction of sp³-hybridized carbons (Fsp3) is 0.143. The van der Waals surface area contributed by atoms with E-state index in [4.69, 9.17) is 0 Å². The summed E-state index contributed by atoms with van der Waals surface area (Å²) >= 11 is 1.67. The summed E-state index contributed by atoms with van der Waals surface area (Å²) < 4.78 is 4.28. The van der Waals surface area contributed by atoms with Gasteiger partial charge in [0.2, 0.25) is 0 Å². The average Bonchev–Trinajstić information content (AvgIpc) is 3.39. The molecule has 6 rings (SSSR count). The summed E-state index contributed by atoms with van der Waals surface area (Å²) in [4.78, 5) is 28.3. The zero-order chi connectivity index (χ0) is 22.7. The molecule has 0 bridgehead atoms. The first-order chi connectivity index (χ1) is 16.1. The monoisotopic (exact) mass is 450 g/mol. The molecule has 0 spiro atoms. The normalized spacial score (nSPS) is 11.8. The predicted octanol–water partition coefficient (Wildman–Crippen LogP) is 6.39. The van der Waals surface area contributed by atoms with E-state index >= 15 is 0 Å². The van der Waals surface area contributed by atoms with Crippen molar-refractivity contribution in [2.75, 3.05) is 0 Å². The molecule has 0 fully saturated rings. The molecule has 0 radical (unpaired) electrons. The highest BCUT2D eigenvalue weighted by molar-refractivity contribution is 7.13. The predicted molar refractivity (Wildman–Crippen MR) is 140 cm³/mol. The Hall–Kier alpha value is -3.70. The minimum absolute atomic E-state index is 0.00765. The zero-order valence-corrected chi connectivity index (χ0v) is 19.3. The number of hydrogen-bond donors (Lipinski definition) is 0. The molecule has 0 saturated carbocycles. The topological polar surface area (TPSA) is 44.0 Å². The Morgan fingerprint density at radius 2 is 1.24 bits per heavy atom. The largest absolute Gasteiger partial charge is 0.341 e. The van der Waals surface area contributed by atoms with Crippen LogP contribution in [0.3, 0.4) is 0 Å². The number of aromatic nitrogens is 2. The molecule has 5 heteroatoms. The van der Waals surface area contributed by atoms with E-state index < -0.39 is 0 Å². The summed E-state index contributed by atoms with van der Waals surface area (Å²) in [5, 5.41) is 4.76. The molecule has 6 aromatic rings. The zero-order valence-electron chi connectivity index (χ0n) is 18.5. The summed E-state index contributed by atoms with van der Waals surface area (Å²) in [5.41, 5.74) is 4.47. The van der Waals surface area contributed by atoms with E-state index in [1.165, 1.54) is 0 Å². The molecule has 0 unspecified atom stereocenters. The van der Waals surface area contributed by atoms with Gasteiger partial charge in [-0.05, 0) is 67.3 Å². The molecule has 3 aromatic carbocycles. The lowest BCUT2D eigenvalue weighted by atomic mass is 10.0. The Morgan fingerprint density at radius 3 is 1.88 bits per heavy atom. The van der Waals surface area contributed by atoms with Crippen molar-refractivity contribution in [3.63, 3.8) is 0 Å². The highest BCUT2D eigenvalue weighted by Crippen LogP contribution is 2.30. The highest BCUT2D eigenvalue weighted by atomic mass is 32.1. The van der Waals surface area contributed by atoms with E-state index in [9.17, 15) is 9.59 Å². The van der Waals surface area contributed by atoms with Crippen molar-refractivity contribution >= 4 is 54.9 Å². The Morgan fingerprint density at radius 1 is 0.636 bits per heavy atom. The van der Waals surface area contributed by atoms with Crippen molar-refractivity contribution in [2.45, 2.75) is 26.9 Å². The second-order valence-electron chi connectivity index (χ2n) is 8.26. The SMILES string of the molecule is CCn1c2ccccc2c(=O)c2cc3c(cc21)c(=O)c1cc(-c2cccs2)ccc1n3CC. The molecule has 3 heterocycles. The smallest absolute Gasteiger partial charge is 0.197 e. The first-order valence-electron chi connectivity index (χ1n) is 11.2. The lowest BCUT2D eigenvalue weighted by molar-refractivity contribution is 0.816. The van der Waals surface area contributed by atoms with Crippen LogP contribution in [0, 0.1) is 0 Å². The van der Waals surface area contributed by atoms with E-state index in [0.29, 0.717) is 34.6 Å². The number of rotatable bonds is 3. The van der Waals surface area contributed by atoms with Crippen molar-refractivity contribution < 1.29 is 0 Å². The molecule has 0 aliphatic heterocycles. The molecule has 0 saturated heterocycles. The molecular weight excluding hydrogens is 428 g/mol.